The molecule has 0 bridgehead atoms. The lowest BCUT2D eigenvalue weighted by molar-refractivity contribution is 0.651. The van der Waals surface area contributed by atoms with Gasteiger partial charge in [-0.15, -0.1) is 0 Å². The highest BCUT2D eigenvalue weighted by Crippen LogP contribution is 2.39. The predicted octanol–water partition coefficient (Wildman–Crippen LogP) is 10.9. The van der Waals surface area contributed by atoms with Gasteiger partial charge in [0.1, 0.15) is 11.1 Å². The highest BCUT2D eigenvalue weighted by atomic mass is 16.3. The quantitative estimate of drug-likeness (QED) is 0.198. The summed E-state index contributed by atoms with van der Waals surface area (Å²) in [5, 5.41) is 10.6. The fraction of sp³-hybridized carbons (Fsp3) is 0. The van der Waals surface area contributed by atoms with Gasteiger partial charge in [0.05, 0.1) is 33.6 Å². The molecule has 0 saturated heterocycles. The zero-order valence-corrected chi connectivity index (χ0v) is 25.1. The number of rotatable bonds is 2. The fourth-order valence-electron chi connectivity index (χ4n) is 7.73. The first kappa shape index (κ1) is 24.8. The van der Waals surface area contributed by atoms with Crippen molar-refractivity contribution in [2.24, 2.45) is 0 Å². The van der Waals surface area contributed by atoms with Gasteiger partial charge in [0.15, 0.2) is 5.82 Å². The first-order valence-corrected chi connectivity index (χ1v) is 15.8. The Labute approximate surface area is 267 Å². The number of hydrogen-bond donors (Lipinski definition) is 0. The second-order valence-electron chi connectivity index (χ2n) is 12.2. The summed E-state index contributed by atoms with van der Waals surface area (Å²) in [7, 11) is 0. The van der Waals surface area contributed by atoms with Crippen molar-refractivity contribution in [2.45, 2.75) is 0 Å². The summed E-state index contributed by atoms with van der Waals surface area (Å²) in [5.74, 6) is 0.730. The van der Waals surface area contributed by atoms with Crippen molar-refractivity contribution in [3.8, 4) is 11.5 Å². The van der Waals surface area contributed by atoms with E-state index in [1.54, 1.807) is 0 Å². The van der Waals surface area contributed by atoms with Crippen LogP contribution >= 0.6 is 0 Å². The van der Waals surface area contributed by atoms with Crippen LogP contribution in [0.2, 0.25) is 0 Å². The minimum absolute atomic E-state index is 0.522. The molecule has 0 saturated carbocycles. The van der Waals surface area contributed by atoms with Gasteiger partial charge < -0.3 is 8.98 Å². The molecule has 5 nitrogen and oxygen atoms in total. The lowest BCUT2D eigenvalue weighted by Gasteiger charge is -2.10. The Hall–Kier alpha value is -6.46. The van der Waals surface area contributed by atoms with Crippen LogP contribution in [0.15, 0.2) is 150 Å². The molecule has 0 N–H and O–H groups in total. The summed E-state index contributed by atoms with van der Waals surface area (Å²) < 4.78 is 11.0. The summed E-state index contributed by atoms with van der Waals surface area (Å²) in [6.45, 7) is 0. The van der Waals surface area contributed by atoms with Gasteiger partial charge in [-0.2, -0.15) is 4.98 Å². The van der Waals surface area contributed by atoms with E-state index in [0.717, 1.165) is 44.5 Å². The zero-order chi connectivity index (χ0) is 30.6. The molecule has 11 rings (SSSR count). The molecule has 0 unspecified atom stereocenters. The van der Waals surface area contributed by atoms with Gasteiger partial charge in [-0.05, 0) is 41.1 Å². The Bertz CT molecular complexity index is 3090. The van der Waals surface area contributed by atoms with Gasteiger partial charge in [0.25, 0.3) is 0 Å². The van der Waals surface area contributed by atoms with Crippen molar-refractivity contribution < 1.29 is 4.42 Å². The summed E-state index contributed by atoms with van der Waals surface area (Å²) >= 11 is 0. The van der Waals surface area contributed by atoms with Gasteiger partial charge in [-0.25, -0.2) is 4.98 Å². The maximum absolute atomic E-state index is 6.42. The normalized spacial score (nSPS) is 12.3. The van der Waals surface area contributed by atoms with Gasteiger partial charge >= 0.3 is 0 Å². The third kappa shape index (κ3) is 3.32. The van der Waals surface area contributed by atoms with Crippen molar-refractivity contribution in [1.82, 2.24) is 19.1 Å². The van der Waals surface area contributed by atoms with Gasteiger partial charge in [-0.1, -0.05) is 109 Å². The predicted molar refractivity (Wildman–Crippen MR) is 193 cm³/mol. The molecule has 7 aromatic carbocycles. The Morgan fingerprint density at radius 2 is 1.04 bits per heavy atom. The number of para-hydroxylation sites is 2. The molecule has 0 radical (unpaired) electrons. The van der Waals surface area contributed by atoms with Crippen LogP contribution in [0.4, 0.5) is 0 Å². The van der Waals surface area contributed by atoms with Crippen molar-refractivity contribution in [2.75, 3.05) is 0 Å². The minimum atomic E-state index is 0.522. The molecular weight excluding hydrogens is 576 g/mol. The Kier molecular flexibility index (Phi) is 4.78. The van der Waals surface area contributed by atoms with E-state index < -0.39 is 0 Å². The van der Waals surface area contributed by atoms with E-state index in [9.17, 15) is 0 Å². The maximum atomic E-state index is 6.42. The highest BCUT2D eigenvalue weighted by Gasteiger charge is 2.20. The Morgan fingerprint density at radius 3 is 1.72 bits per heavy atom. The standard InChI is InChI=1S/C42H24N4O/c1-3-11-28-25(9-1)17-20-32-30-13-5-7-15-35(30)45(40(28)32)27-19-22-37-34(23-27)39-42(47-37)44-38(24-43-39)46-36-16-8-6-14-31(36)33-21-18-26-10-2-4-12-29(26)41(33)46/h1-24H. The summed E-state index contributed by atoms with van der Waals surface area (Å²) in [5.41, 5.74) is 7.66. The molecular formula is C42H24N4O. The monoisotopic (exact) mass is 600 g/mol. The van der Waals surface area contributed by atoms with Crippen LogP contribution in [-0.4, -0.2) is 19.1 Å². The SMILES string of the molecule is c1ccc2c(c1)ccc1c3ccccc3n(-c3ccc4oc5nc(-n6c7ccccc7c7ccc8ccccc8c76)cnc5c4c3)c21. The third-order valence-electron chi connectivity index (χ3n) is 9.76. The molecule has 218 valence electrons. The van der Waals surface area contributed by atoms with E-state index in [-0.39, 0.29) is 0 Å². The smallest absolute Gasteiger partial charge is 0.248 e. The molecule has 47 heavy (non-hydrogen) atoms. The molecule has 4 heterocycles. The molecule has 0 spiro atoms. The second kappa shape index (κ2) is 9.05. The van der Waals surface area contributed by atoms with Crippen molar-refractivity contribution in [3.63, 3.8) is 0 Å². The van der Waals surface area contributed by atoms with Crippen molar-refractivity contribution in [1.29, 1.82) is 0 Å². The van der Waals surface area contributed by atoms with Crippen LogP contribution in [0, 0.1) is 0 Å². The minimum Gasteiger partial charge on any atom is -0.436 e. The average Bonchev–Trinajstić information content (AvgIpc) is 3.79. The van der Waals surface area contributed by atoms with Gasteiger partial charge in [0, 0.05) is 38.0 Å². The van der Waals surface area contributed by atoms with Crippen LogP contribution in [0.3, 0.4) is 0 Å². The van der Waals surface area contributed by atoms with E-state index in [1.165, 1.54) is 48.6 Å². The molecule has 0 amide bonds. The summed E-state index contributed by atoms with van der Waals surface area (Å²) in [4.78, 5) is 10.2. The van der Waals surface area contributed by atoms with Crippen molar-refractivity contribution >= 4 is 87.4 Å². The van der Waals surface area contributed by atoms with Crippen LogP contribution in [0.1, 0.15) is 0 Å². The fourth-order valence-corrected chi connectivity index (χ4v) is 7.73. The molecule has 5 heteroatoms. The third-order valence-corrected chi connectivity index (χ3v) is 9.76. The summed E-state index contributed by atoms with van der Waals surface area (Å²) in [6, 6.07) is 49.5. The average molecular weight is 601 g/mol. The van der Waals surface area contributed by atoms with Crippen LogP contribution in [0.25, 0.3) is 98.9 Å². The van der Waals surface area contributed by atoms with E-state index in [2.05, 4.69) is 143 Å². The lowest BCUT2D eigenvalue weighted by atomic mass is 10.1. The van der Waals surface area contributed by atoms with E-state index >= 15 is 0 Å². The molecule has 0 aliphatic rings. The van der Waals surface area contributed by atoms with Gasteiger partial charge in [0.2, 0.25) is 5.71 Å². The molecule has 0 aliphatic heterocycles. The zero-order valence-electron chi connectivity index (χ0n) is 25.1. The summed E-state index contributed by atoms with van der Waals surface area (Å²) in [6.07, 6.45) is 1.88. The van der Waals surface area contributed by atoms with Gasteiger partial charge in [-0.3, -0.25) is 4.57 Å². The molecule has 11 aromatic rings. The lowest BCUT2D eigenvalue weighted by Crippen LogP contribution is -1.99. The van der Waals surface area contributed by atoms with E-state index in [1.807, 2.05) is 12.3 Å². The van der Waals surface area contributed by atoms with Crippen LogP contribution in [0.5, 0.6) is 0 Å². The van der Waals surface area contributed by atoms with Crippen molar-refractivity contribution in [3.05, 3.63) is 146 Å². The Morgan fingerprint density at radius 1 is 0.468 bits per heavy atom. The molecule has 0 fully saturated rings. The van der Waals surface area contributed by atoms with E-state index in [4.69, 9.17) is 14.4 Å². The first-order valence-electron chi connectivity index (χ1n) is 15.8. The second-order valence-corrected chi connectivity index (χ2v) is 12.2. The topological polar surface area (TPSA) is 48.8 Å². The number of aromatic nitrogens is 4. The number of nitrogens with zero attached hydrogens (tertiary/aromatic N) is 4. The number of hydrogen-bond acceptors (Lipinski definition) is 3. The Balaban J connectivity index is 1.17. The highest BCUT2D eigenvalue weighted by molar-refractivity contribution is 6.20. The number of benzene rings is 7. The van der Waals surface area contributed by atoms with Crippen LogP contribution < -0.4 is 0 Å². The largest absolute Gasteiger partial charge is 0.436 e. The molecule has 0 aliphatic carbocycles. The first-order chi connectivity index (χ1) is 23.3. The van der Waals surface area contributed by atoms with E-state index in [0.29, 0.717) is 5.71 Å². The molecule has 4 aromatic heterocycles. The van der Waals surface area contributed by atoms with Crippen LogP contribution in [-0.2, 0) is 0 Å². The maximum Gasteiger partial charge on any atom is 0.248 e. The number of furan rings is 1. The number of fused-ring (bicyclic) bond motifs is 13. The molecule has 0 atom stereocenters.